The highest BCUT2D eigenvalue weighted by atomic mass is 16.4. The molecular weight excluding hydrogens is 220 g/mol. The molecule has 6 heteroatoms. The zero-order valence-electron chi connectivity index (χ0n) is 9.34. The van der Waals surface area contributed by atoms with Crippen LogP contribution in [0.25, 0.3) is 0 Å². The van der Waals surface area contributed by atoms with Crippen LogP contribution in [0.4, 0.5) is 0 Å². The molecular formula is C11H16N4O2. The molecule has 0 amide bonds. The Bertz CT molecular complexity index is 388. The lowest BCUT2D eigenvalue weighted by atomic mass is 10.1. The molecule has 1 aromatic rings. The van der Waals surface area contributed by atoms with E-state index in [4.69, 9.17) is 16.6 Å². The molecule has 0 heterocycles. The number of nitrogens with two attached hydrogens (primary N) is 2. The first kappa shape index (κ1) is 13.0. The van der Waals surface area contributed by atoms with E-state index in [1.54, 1.807) is 0 Å². The Morgan fingerprint density at radius 1 is 1.35 bits per heavy atom. The first-order valence-electron chi connectivity index (χ1n) is 5.15. The number of carbonyl (C=O) groups is 1. The van der Waals surface area contributed by atoms with Gasteiger partial charge in [0.1, 0.15) is 6.04 Å². The van der Waals surface area contributed by atoms with Gasteiger partial charge in [-0.05, 0) is 12.0 Å². The molecule has 0 radical (unpaired) electrons. The largest absolute Gasteiger partial charge is 0.480 e. The van der Waals surface area contributed by atoms with Crippen molar-refractivity contribution in [2.24, 2.45) is 16.5 Å². The number of aliphatic imine (C=N–C) groups is 1. The summed E-state index contributed by atoms with van der Waals surface area (Å²) < 4.78 is 0. The van der Waals surface area contributed by atoms with Crippen molar-refractivity contribution < 1.29 is 9.90 Å². The molecule has 0 unspecified atom stereocenters. The molecule has 0 aromatic heterocycles. The van der Waals surface area contributed by atoms with Gasteiger partial charge in [0.25, 0.3) is 0 Å². The number of nitrogens with one attached hydrogen (secondary N) is 1. The summed E-state index contributed by atoms with van der Waals surface area (Å²) in [6.07, 6.45) is 0.385. The minimum absolute atomic E-state index is 0.0682. The van der Waals surface area contributed by atoms with Crippen LogP contribution in [0.5, 0.6) is 0 Å². The lowest BCUT2D eigenvalue weighted by Crippen LogP contribution is -2.39. The van der Waals surface area contributed by atoms with Crippen LogP contribution in [-0.4, -0.2) is 29.7 Å². The maximum atomic E-state index is 11.0. The molecule has 0 aliphatic heterocycles. The summed E-state index contributed by atoms with van der Waals surface area (Å²) in [6.45, 7) is 0.0894. The zero-order chi connectivity index (χ0) is 12.7. The van der Waals surface area contributed by atoms with Gasteiger partial charge in [0.15, 0.2) is 5.96 Å². The molecule has 0 bridgehead atoms. The topological polar surface area (TPSA) is 114 Å². The highest BCUT2D eigenvalue weighted by Gasteiger charge is 2.16. The molecule has 1 aromatic carbocycles. The summed E-state index contributed by atoms with van der Waals surface area (Å²) in [4.78, 5) is 14.7. The molecule has 1 rings (SSSR count). The Labute approximate surface area is 99.3 Å². The van der Waals surface area contributed by atoms with E-state index >= 15 is 0 Å². The third-order valence-corrected chi connectivity index (χ3v) is 2.18. The smallest absolute Gasteiger partial charge is 0.321 e. The Balaban J connectivity index is 2.55. The maximum Gasteiger partial charge on any atom is 0.321 e. The molecule has 0 aliphatic carbocycles. The number of rotatable bonds is 6. The van der Waals surface area contributed by atoms with Gasteiger partial charge in [0.2, 0.25) is 0 Å². The molecule has 1 atom stereocenters. The van der Waals surface area contributed by atoms with Gasteiger partial charge in [-0.3, -0.25) is 10.1 Å². The zero-order valence-corrected chi connectivity index (χ0v) is 9.34. The van der Waals surface area contributed by atoms with Crippen molar-refractivity contribution in [1.29, 1.82) is 0 Å². The van der Waals surface area contributed by atoms with E-state index in [2.05, 4.69) is 10.3 Å². The SMILES string of the molecule is NC(N)=NCN[C@H](Cc1ccccc1)C(=O)O. The maximum absolute atomic E-state index is 11.0. The van der Waals surface area contributed by atoms with Crippen LogP contribution in [0.1, 0.15) is 5.56 Å². The summed E-state index contributed by atoms with van der Waals surface area (Å²) >= 11 is 0. The quantitative estimate of drug-likeness (QED) is 0.393. The highest BCUT2D eigenvalue weighted by molar-refractivity contribution is 5.76. The van der Waals surface area contributed by atoms with Crippen LogP contribution < -0.4 is 16.8 Å². The van der Waals surface area contributed by atoms with Crippen LogP contribution in [0, 0.1) is 0 Å². The van der Waals surface area contributed by atoms with Crippen LogP contribution in [0.3, 0.4) is 0 Å². The van der Waals surface area contributed by atoms with E-state index in [9.17, 15) is 4.79 Å². The summed E-state index contributed by atoms with van der Waals surface area (Å²) in [5, 5.41) is 11.8. The summed E-state index contributed by atoms with van der Waals surface area (Å²) in [5.41, 5.74) is 11.2. The van der Waals surface area contributed by atoms with Crippen molar-refractivity contribution in [2.45, 2.75) is 12.5 Å². The molecule has 6 N–H and O–H groups in total. The van der Waals surface area contributed by atoms with Crippen LogP contribution in [0.2, 0.25) is 0 Å². The minimum atomic E-state index is -0.931. The predicted octanol–water partition coefficient (Wildman–Crippen LogP) is -0.497. The van der Waals surface area contributed by atoms with Gasteiger partial charge >= 0.3 is 5.97 Å². The van der Waals surface area contributed by atoms with Crippen LogP contribution in [-0.2, 0) is 11.2 Å². The molecule has 0 saturated heterocycles. The van der Waals surface area contributed by atoms with Crippen molar-refractivity contribution in [1.82, 2.24) is 5.32 Å². The predicted molar refractivity (Wildman–Crippen MR) is 65.4 cm³/mol. The second kappa shape index (κ2) is 6.49. The second-order valence-electron chi connectivity index (χ2n) is 3.53. The van der Waals surface area contributed by atoms with Crippen molar-refractivity contribution in [3.63, 3.8) is 0 Å². The Morgan fingerprint density at radius 2 is 2.00 bits per heavy atom. The minimum Gasteiger partial charge on any atom is -0.480 e. The molecule has 17 heavy (non-hydrogen) atoms. The van der Waals surface area contributed by atoms with Crippen molar-refractivity contribution in [2.75, 3.05) is 6.67 Å². The van der Waals surface area contributed by atoms with E-state index in [1.165, 1.54) is 0 Å². The van der Waals surface area contributed by atoms with E-state index in [-0.39, 0.29) is 12.6 Å². The van der Waals surface area contributed by atoms with Crippen molar-refractivity contribution in [3.8, 4) is 0 Å². The van der Waals surface area contributed by atoms with Gasteiger partial charge in [-0.25, -0.2) is 4.99 Å². The van der Waals surface area contributed by atoms with Gasteiger partial charge in [-0.2, -0.15) is 0 Å². The number of carboxylic acid groups (broad SMARTS) is 1. The second-order valence-corrected chi connectivity index (χ2v) is 3.53. The average Bonchev–Trinajstić information content (AvgIpc) is 2.28. The van der Waals surface area contributed by atoms with E-state index in [0.717, 1.165) is 5.56 Å². The number of carboxylic acids is 1. The third-order valence-electron chi connectivity index (χ3n) is 2.18. The lowest BCUT2D eigenvalue weighted by Gasteiger charge is -2.12. The number of benzene rings is 1. The van der Waals surface area contributed by atoms with Gasteiger partial charge in [-0.15, -0.1) is 0 Å². The Hall–Kier alpha value is -2.08. The molecule has 92 valence electrons. The Morgan fingerprint density at radius 3 is 2.53 bits per heavy atom. The monoisotopic (exact) mass is 236 g/mol. The van der Waals surface area contributed by atoms with Crippen molar-refractivity contribution in [3.05, 3.63) is 35.9 Å². The number of hydrogen-bond donors (Lipinski definition) is 4. The number of hydrogen-bond acceptors (Lipinski definition) is 3. The fourth-order valence-corrected chi connectivity index (χ4v) is 1.34. The summed E-state index contributed by atoms with van der Waals surface area (Å²) in [7, 11) is 0. The number of guanidine groups is 1. The van der Waals surface area contributed by atoms with Crippen LogP contribution >= 0.6 is 0 Å². The molecule has 0 spiro atoms. The van der Waals surface area contributed by atoms with E-state index in [0.29, 0.717) is 6.42 Å². The first-order chi connectivity index (χ1) is 8.09. The standard InChI is InChI=1S/C11H16N4O2/c12-11(13)15-7-14-9(10(16)17)6-8-4-2-1-3-5-8/h1-5,9,14H,6-7H2,(H,16,17)(H4,12,13,15)/t9-/m1/s1. The van der Waals surface area contributed by atoms with E-state index in [1.807, 2.05) is 30.3 Å². The fraction of sp³-hybridized carbons (Fsp3) is 0.273. The van der Waals surface area contributed by atoms with Crippen molar-refractivity contribution >= 4 is 11.9 Å². The molecule has 0 saturated carbocycles. The number of nitrogens with zero attached hydrogens (tertiary/aromatic N) is 1. The van der Waals surface area contributed by atoms with Gasteiger partial charge in [0.05, 0.1) is 6.67 Å². The summed E-state index contributed by atoms with van der Waals surface area (Å²) in [6, 6.07) is 8.65. The van der Waals surface area contributed by atoms with Gasteiger partial charge in [-0.1, -0.05) is 30.3 Å². The third kappa shape index (κ3) is 4.98. The van der Waals surface area contributed by atoms with Crippen LogP contribution in [0.15, 0.2) is 35.3 Å². The molecule has 6 nitrogen and oxygen atoms in total. The first-order valence-corrected chi connectivity index (χ1v) is 5.15. The summed E-state index contributed by atoms with van der Waals surface area (Å²) in [5.74, 6) is -0.999. The molecule has 0 fully saturated rings. The average molecular weight is 236 g/mol. The van der Waals surface area contributed by atoms with Gasteiger partial charge in [0, 0.05) is 0 Å². The molecule has 0 aliphatic rings. The van der Waals surface area contributed by atoms with E-state index < -0.39 is 12.0 Å². The highest BCUT2D eigenvalue weighted by Crippen LogP contribution is 2.03. The number of aliphatic carboxylic acids is 1. The lowest BCUT2D eigenvalue weighted by molar-refractivity contribution is -0.139. The fourth-order valence-electron chi connectivity index (χ4n) is 1.34. The normalized spacial score (nSPS) is 11.8. The Kier molecular flexibility index (Phi) is 4.96. The van der Waals surface area contributed by atoms with Gasteiger partial charge < -0.3 is 16.6 Å².